The highest BCUT2D eigenvalue weighted by molar-refractivity contribution is 5.91. The summed E-state index contributed by atoms with van der Waals surface area (Å²) in [5, 5.41) is 2.94. The fourth-order valence-corrected chi connectivity index (χ4v) is 3.29. The molecule has 0 saturated carbocycles. The van der Waals surface area contributed by atoms with E-state index in [1.165, 1.54) is 5.56 Å². The lowest BCUT2D eigenvalue weighted by molar-refractivity contribution is -0.116. The van der Waals surface area contributed by atoms with Crippen LogP contribution in [0.3, 0.4) is 0 Å². The molecular weight excluding hydrogens is 386 g/mol. The Balaban J connectivity index is 1.53. The number of rotatable bonds is 9. The minimum atomic E-state index is -0.103. The normalized spacial score (nSPS) is 10.8. The van der Waals surface area contributed by atoms with Gasteiger partial charge in [-0.3, -0.25) is 4.79 Å². The number of benzene rings is 3. The lowest BCUT2D eigenvalue weighted by Crippen LogP contribution is -2.23. The molecule has 0 unspecified atom stereocenters. The number of methoxy groups -OCH3 is 1. The third kappa shape index (κ3) is 6.75. The van der Waals surface area contributed by atoms with Gasteiger partial charge in [0.1, 0.15) is 6.61 Å². The van der Waals surface area contributed by atoms with Crippen LogP contribution in [0, 0.1) is 13.8 Å². The van der Waals surface area contributed by atoms with Crippen LogP contribution in [-0.2, 0) is 17.8 Å². The van der Waals surface area contributed by atoms with Gasteiger partial charge in [0.05, 0.1) is 7.11 Å². The van der Waals surface area contributed by atoms with Crippen molar-refractivity contribution in [3.05, 3.63) is 101 Å². The average Bonchev–Trinajstić information content (AvgIpc) is 2.78. The molecule has 4 nitrogen and oxygen atoms in total. The van der Waals surface area contributed by atoms with Crippen LogP contribution >= 0.6 is 0 Å². The zero-order valence-electron chi connectivity index (χ0n) is 18.4. The summed E-state index contributed by atoms with van der Waals surface area (Å²) in [6.07, 6.45) is 4.14. The average molecular weight is 416 g/mol. The third-order valence-corrected chi connectivity index (χ3v) is 5.02. The number of amides is 1. The fraction of sp³-hybridized carbons (Fsp3) is 0.222. The van der Waals surface area contributed by atoms with Crippen molar-refractivity contribution in [2.45, 2.75) is 26.9 Å². The van der Waals surface area contributed by atoms with Crippen LogP contribution in [0.25, 0.3) is 6.08 Å². The highest BCUT2D eigenvalue weighted by Gasteiger charge is 2.07. The van der Waals surface area contributed by atoms with E-state index in [2.05, 4.69) is 18.3 Å². The Morgan fingerprint density at radius 1 is 0.935 bits per heavy atom. The van der Waals surface area contributed by atoms with Crippen molar-refractivity contribution in [1.82, 2.24) is 5.32 Å². The molecule has 0 bridgehead atoms. The maximum Gasteiger partial charge on any atom is 0.244 e. The van der Waals surface area contributed by atoms with Crippen LogP contribution in [0.1, 0.15) is 27.8 Å². The highest BCUT2D eigenvalue weighted by Crippen LogP contribution is 2.29. The monoisotopic (exact) mass is 415 g/mol. The van der Waals surface area contributed by atoms with E-state index in [9.17, 15) is 4.79 Å². The van der Waals surface area contributed by atoms with Crippen molar-refractivity contribution in [3.63, 3.8) is 0 Å². The van der Waals surface area contributed by atoms with E-state index >= 15 is 0 Å². The molecule has 3 aromatic carbocycles. The van der Waals surface area contributed by atoms with Gasteiger partial charge in [0, 0.05) is 12.6 Å². The van der Waals surface area contributed by atoms with E-state index in [1.54, 1.807) is 13.2 Å². The van der Waals surface area contributed by atoms with Crippen LogP contribution < -0.4 is 14.8 Å². The van der Waals surface area contributed by atoms with Gasteiger partial charge in [-0.05, 0) is 60.7 Å². The first-order chi connectivity index (χ1) is 15.0. The van der Waals surface area contributed by atoms with Gasteiger partial charge < -0.3 is 14.8 Å². The van der Waals surface area contributed by atoms with E-state index in [0.29, 0.717) is 31.1 Å². The Morgan fingerprint density at radius 3 is 2.48 bits per heavy atom. The minimum Gasteiger partial charge on any atom is -0.493 e. The maximum atomic E-state index is 12.2. The minimum absolute atomic E-state index is 0.103. The smallest absolute Gasteiger partial charge is 0.244 e. The quantitative estimate of drug-likeness (QED) is 0.485. The molecule has 0 aliphatic rings. The standard InChI is InChI=1S/C27H29NO3/c1-20-9-11-24(21(2)17-20)12-14-27(29)28-16-15-22-10-13-25(30-3)26(18-22)31-19-23-7-5-4-6-8-23/h4-14,17-18H,15-16,19H2,1-3H3,(H,28,29)/b14-12+. The first kappa shape index (κ1) is 22.2. The number of ether oxygens (including phenoxy) is 2. The van der Waals surface area contributed by atoms with E-state index in [1.807, 2.05) is 73.7 Å². The molecule has 4 heteroatoms. The van der Waals surface area contributed by atoms with E-state index in [4.69, 9.17) is 9.47 Å². The molecular formula is C27H29NO3. The molecule has 3 rings (SSSR count). The summed E-state index contributed by atoms with van der Waals surface area (Å²) in [5.41, 5.74) is 5.59. The molecule has 0 spiro atoms. The second-order valence-electron chi connectivity index (χ2n) is 7.49. The Kier molecular flexibility index (Phi) is 7.88. The molecule has 0 radical (unpaired) electrons. The molecule has 0 saturated heterocycles. The number of nitrogens with one attached hydrogen (secondary N) is 1. The van der Waals surface area contributed by atoms with E-state index in [-0.39, 0.29) is 5.91 Å². The van der Waals surface area contributed by atoms with Crippen LogP contribution in [-0.4, -0.2) is 19.6 Å². The summed E-state index contributed by atoms with van der Waals surface area (Å²) in [6, 6.07) is 22.1. The molecule has 0 heterocycles. The van der Waals surface area contributed by atoms with Crippen molar-refractivity contribution in [3.8, 4) is 11.5 Å². The van der Waals surface area contributed by atoms with Crippen molar-refractivity contribution in [2.24, 2.45) is 0 Å². The van der Waals surface area contributed by atoms with Crippen LogP contribution in [0.5, 0.6) is 11.5 Å². The van der Waals surface area contributed by atoms with Crippen molar-refractivity contribution < 1.29 is 14.3 Å². The molecule has 0 aliphatic carbocycles. The summed E-state index contributed by atoms with van der Waals surface area (Å²) in [4.78, 5) is 12.2. The fourth-order valence-electron chi connectivity index (χ4n) is 3.29. The molecule has 0 atom stereocenters. The van der Waals surface area contributed by atoms with Gasteiger partial charge in [-0.15, -0.1) is 0 Å². The number of hydrogen-bond donors (Lipinski definition) is 1. The first-order valence-corrected chi connectivity index (χ1v) is 10.4. The SMILES string of the molecule is COc1ccc(CCNC(=O)/C=C/c2ccc(C)cc2C)cc1OCc1ccccc1. The first-order valence-electron chi connectivity index (χ1n) is 10.4. The lowest BCUT2D eigenvalue weighted by atomic mass is 10.1. The summed E-state index contributed by atoms with van der Waals surface area (Å²) >= 11 is 0. The number of aryl methyl sites for hydroxylation is 2. The topological polar surface area (TPSA) is 47.6 Å². The lowest BCUT2D eigenvalue weighted by Gasteiger charge is -2.13. The number of carbonyl (C=O) groups is 1. The summed E-state index contributed by atoms with van der Waals surface area (Å²) < 4.78 is 11.4. The second kappa shape index (κ2) is 11.0. The van der Waals surface area contributed by atoms with Crippen LogP contribution in [0.15, 0.2) is 72.8 Å². The molecule has 1 N–H and O–H groups in total. The van der Waals surface area contributed by atoms with Crippen molar-refractivity contribution >= 4 is 12.0 Å². The Bertz CT molecular complexity index is 1040. The van der Waals surface area contributed by atoms with Gasteiger partial charge in [-0.2, -0.15) is 0 Å². The van der Waals surface area contributed by atoms with Crippen molar-refractivity contribution in [2.75, 3.05) is 13.7 Å². The zero-order valence-corrected chi connectivity index (χ0v) is 18.4. The van der Waals surface area contributed by atoms with E-state index < -0.39 is 0 Å². The predicted octanol–water partition coefficient (Wildman–Crippen LogP) is 5.26. The number of carbonyl (C=O) groups excluding carboxylic acids is 1. The highest BCUT2D eigenvalue weighted by atomic mass is 16.5. The summed E-state index contributed by atoms with van der Waals surface area (Å²) in [6.45, 7) is 5.12. The van der Waals surface area contributed by atoms with Gasteiger partial charge in [-0.25, -0.2) is 0 Å². The summed E-state index contributed by atoms with van der Waals surface area (Å²) in [5.74, 6) is 1.29. The molecule has 0 aromatic heterocycles. The molecule has 0 fully saturated rings. The van der Waals surface area contributed by atoms with Crippen LogP contribution in [0.2, 0.25) is 0 Å². The predicted molar refractivity (Wildman–Crippen MR) is 125 cm³/mol. The maximum absolute atomic E-state index is 12.2. The number of hydrogen-bond acceptors (Lipinski definition) is 3. The Labute approximate surface area is 184 Å². The zero-order chi connectivity index (χ0) is 22.1. The third-order valence-electron chi connectivity index (χ3n) is 5.02. The Hall–Kier alpha value is -3.53. The second-order valence-corrected chi connectivity index (χ2v) is 7.49. The van der Waals surface area contributed by atoms with Crippen molar-refractivity contribution in [1.29, 1.82) is 0 Å². The molecule has 31 heavy (non-hydrogen) atoms. The largest absolute Gasteiger partial charge is 0.493 e. The van der Waals surface area contributed by atoms with Gasteiger partial charge >= 0.3 is 0 Å². The van der Waals surface area contributed by atoms with Gasteiger partial charge in [0.2, 0.25) is 5.91 Å². The molecule has 160 valence electrons. The van der Waals surface area contributed by atoms with Gasteiger partial charge in [0.25, 0.3) is 0 Å². The summed E-state index contributed by atoms with van der Waals surface area (Å²) in [7, 11) is 1.63. The van der Waals surface area contributed by atoms with Crippen LogP contribution in [0.4, 0.5) is 0 Å². The molecule has 0 aliphatic heterocycles. The van der Waals surface area contributed by atoms with Gasteiger partial charge in [-0.1, -0.05) is 60.2 Å². The van der Waals surface area contributed by atoms with E-state index in [0.717, 1.165) is 22.3 Å². The molecule has 1 amide bonds. The Morgan fingerprint density at radius 2 is 1.74 bits per heavy atom. The molecule has 3 aromatic rings. The van der Waals surface area contributed by atoms with Gasteiger partial charge in [0.15, 0.2) is 11.5 Å².